The number of amides is 1. The lowest BCUT2D eigenvalue weighted by atomic mass is 9.88. The number of ether oxygens (including phenoxy) is 2. The molecular weight excluding hydrogens is 433 g/mol. The van der Waals surface area contributed by atoms with Crippen LogP contribution in [0.25, 0.3) is 0 Å². The van der Waals surface area contributed by atoms with Gasteiger partial charge in [-0.3, -0.25) is 4.79 Å². The molecule has 0 saturated heterocycles. The lowest BCUT2D eigenvalue weighted by Crippen LogP contribution is -2.30. The number of anilines is 1. The molecule has 1 aromatic heterocycles. The molecule has 2 atom stereocenters. The Morgan fingerprint density at radius 2 is 2.10 bits per heavy atom. The van der Waals surface area contributed by atoms with Crippen molar-refractivity contribution in [3.05, 3.63) is 44.2 Å². The van der Waals surface area contributed by atoms with Crippen LogP contribution in [-0.4, -0.2) is 24.6 Å². The van der Waals surface area contributed by atoms with Crippen molar-refractivity contribution in [3.8, 4) is 5.75 Å². The summed E-state index contributed by atoms with van der Waals surface area (Å²) < 4.78 is 10.9. The van der Waals surface area contributed by atoms with Gasteiger partial charge >= 0.3 is 5.97 Å². The molecule has 156 valence electrons. The molecule has 2 aromatic rings. The average molecular weight is 456 g/mol. The lowest BCUT2D eigenvalue weighted by Gasteiger charge is -2.18. The van der Waals surface area contributed by atoms with Gasteiger partial charge in [-0.25, -0.2) is 4.79 Å². The van der Waals surface area contributed by atoms with E-state index in [1.165, 1.54) is 11.3 Å². The smallest absolute Gasteiger partial charge is 0.341 e. The normalized spacial score (nSPS) is 16.7. The molecule has 0 aliphatic heterocycles. The fourth-order valence-electron chi connectivity index (χ4n) is 3.29. The second-order valence-corrected chi connectivity index (χ2v) is 9.05. The molecule has 1 aliphatic rings. The predicted molar refractivity (Wildman–Crippen MR) is 117 cm³/mol. The first-order valence-corrected chi connectivity index (χ1v) is 11.1. The molecule has 0 saturated carbocycles. The first-order valence-electron chi connectivity index (χ1n) is 9.54. The molecule has 1 aromatic carbocycles. The molecule has 3 rings (SSSR count). The first-order chi connectivity index (χ1) is 13.8. The van der Waals surface area contributed by atoms with Gasteiger partial charge in [0.05, 0.1) is 17.2 Å². The number of nitrogens with one attached hydrogen (secondary N) is 1. The van der Waals surface area contributed by atoms with Gasteiger partial charge in [-0.15, -0.1) is 11.3 Å². The van der Waals surface area contributed by atoms with Gasteiger partial charge in [-0.2, -0.15) is 0 Å². The molecule has 1 aliphatic carbocycles. The molecule has 0 spiro atoms. The summed E-state index contributed by atoms with van der Waals surface area (Å²) in [7, 11) is 0. The molecule has 1 amide bonds. The van der Waals surface area contributed by atoms with Crippen LogP contribution in [0.15, 0.2) is 18.2 Å². The maximum absolute atomic E-state index is 12.8. The number of esters is 1. The summed E-state index contributed by atoms with van der Waals surface area (Å²) in [4.78, 5) is 26.5. The van der Waals surface area contributed by atoms with Gasteiger partial charge in [0.1, 0.15) is 10.8 Å². The molecule has 0 unspecified atom stereocenters. The van der Waals surface area contributed by atoms with Gasteiger partial charge in [-0.1, -0.05) is 30.1 Å². The SMILES string of the molecule is CCOC(=O)c1c(NC(=O)[C@@H](C)Oc2ccc(Cl)cc2Cl)sc2c1CC[C@H](C)C2. The number of halogens is 2. The Balaban J connectivity index is 1.81. The molecule has 0 bridgehead atoms. The van der Waals surface area contributed by atoms with E-state index in [9.17, 15) is 9.59 Å². The maximum atomic E-state index is 12.8. The molecule has 5 nitrogen and oxygen atoms in total. The van der Waals surface area contributed by atoms with Crippen LogP contribution in [0.3, 0.4) is 0 Å². The number of carbonyl (C=O) groups is 2. The summed E-state index contributed by atoms with van der Waals surface area (Å²) >= 11 is 13.5. The van der Waals surface area contributed by atoms with Gasteiger partial charge in [0.15, 0.2) is 6.10 Å². The van der Waals surface area contributed by atoms with Crippen LogP contribution < -0.4 is 10.1 Å². The maximum Gasteiger partial charge on any atom is 0.341 e. The van der Waals surface area contributed by atoms with Crippen LogP contribution in [0.5, 0.6) is 5.75 Å². The zero-order chi connectivity index (χ0) is 21.1. The van der Waals surface area contributed by atoms with Gasteiger partial charge in [0.2, 0.25) is 0 Å². The Kier molecular flexibility index (Phi) is 7.09. The standard InChI is InChI=1S/C21H23Cl2NO4S/c1-4-27-21(26)18-14-7-5-11(2)9-17(14)29-20(18)24-19(25)12(3)28-16-8-6-13(22)10-15(16)23/h6,8,10-12H,4-5,7,9H2,1-3H3,(H,24,25)/t11-,12+/m0/s1. The van der Waals surface area contributed by atoms with E-state index >= 15 is 0 Å². The van der Waals surface area contributed by atoms with Gasteiger partial charge in [0.25, 0.3) is 5.91 Å². The van der Waals surface area contributed by atoms with E-state index in [1.54, 1.807) is 32.0 Å². The van der Waals surface area contributed by atoms with Crippen molar-refractivity contribution in [2.24, 2.45) is 5.92 Å². The molecule has 0 radical (unpaired) electrons. The van der Waals surface area contributed by atoms with E-state index in [0.29, 0.717) is 32.3 Å². The number of hydrogen-bond donors (Lipinski definition) is 1. The second-order valence-electron chi connectivity index (χ2n) is 7.10. The summed E-state index contributed by atoms with van der Waals surface area (Å²) in [5.41, 5.74) is 1.47. The zero-order valence-corrected chi connectivity index (χ0v) is 18.8. The van der Waals surface area contributed by atoms with Crippen LogP contribution in [0.1, 0.15) is 48.0 Å². The van der Waals surface area contributed by atoms with Crippen molar-refractivity contribution in [1.82, 2.24) is 0 Å². The largest absolute Gasteiger partial charge is 0.479 e. The van der Waals surface area contributed by atoms with Crippen LogP contribution in [0.2, 0.25) is 10.0 Å². The van der Waals surface area contributed by atoms with Crippen LogP contribution in [-0.2, 0) is 22.4 Å². The van der Waals surface area contributed by atoms with Crippen LogP contribution >= 0.6 is 34.5 Å². The van der Waals surface area contributed by atoms with E-state index in [0.717, 1.165) is 29.7 Å². The van der Waals surface area contributed by atoms with Gasteiger partial charge in [-0.05, 0) is 62.8 Å². The molecule has 1 heterocycles. The summed E-state index contributed by atoms with van der Waals surface area (Å²) in [5, 5.41) is 4.18. The van der Waals surface area contributed by atoms with Crippen LogP contribution in [0, 0.1) is 5.92 Å². The Morgan fingerprint density at radius 1 is 1.34 bits per heavy atom. The summed E-state index contributed by atoms with van der Waals surface area (Å²) in [6.07, 6.45) is 1.90. The van der Waals surface area contributed by atoms with Crippen molar-refractivity contribution in [1.29, 1.82) is 0 Å². The monoisotopic (exact) mass is 455 g/mol. The third-order valence-corrected chi connectivity index (χ3v) is 6.50. The Morgan fingerprint density at radius 3 is 2.79 bits per heavy atom. The van der Waals surface area contributed by atoms with Crippen molar-refractivity contribution < 1.29 is 19.1 Å². The highest BCUT2D eigenvalue weighted by Gasteiger charge is 2.30. The van der Waals surface area contributed by atoms with Gasteiger partial charge < -0.3 is 14.8 Å². The van der Waals surface area contributed by atoms with E-state index in [4.69, 9.17) is 32.7 Å². The first kappa shape index (κ1) is 21.9. The minimum Gasteiger partial charge on any atom is -0.479 e. The van der Waals surface area contributed by atoms with Crippen molar-refractivity contribution in [3.63, 3.8) is 0 Å². The Labute approximate surface area is 184 Å². The van der Waals surface area contributed by atoms with Crippen molar-refractivity contribution in [2.75, 3.05) is 11.9 Å². The van der Waals surface area contributed by atoms with Crippen molar-refractivity contribution >= 4 is 51.4 Å². The highest BCUT2D eigenvalue weighted by Crippen LogP contribution is 2.40. The minimum absolute atomic E-state index is 0.280. The minimum atomic E-state index is -0.818. The lowest BCUT2D eigenvalue weighted by molar-refractivity contribution is -0.122. The Hall–Kier alpha value is -1.76. The topological polar surface area (TPSA) is 64.6 Å². The molecule has 1 N–H and O–H groups in total. The van der Waals surface area contributed by atoms with Crippen molar-refractivity contribution in [2.45, 2.75) is 46.1 Å². The number of rotatable bonds is 6. The highest BCUT2D eigenvalue weighted by atomic mass is 35.5. The van der Waals surface area contributed by atoms with E-state index in [-0.39, 0.29) is 12.5 Å². The molecular formula is C21H23Cl2NO4S. The van der Waals surface area contributed by atoms with E-state index in [1.807, 2.05) is 0 Å². The Bertz CT molecular complexity index is 928. The average Bonchev–Trinajstić information content (AvgIpc) is 3.00. The summed E-state index contributed by atoms with van der Waals surface area (Å²) in [6, 6.07) is 4.81. The fourth-order valence-corrected chi connectivity index (χ4v) is 5.14. The molecule has 29 heavy (non-hydrogen) atoms. The number of carbonyl (C=O) groups excluding carboxylic acids is 2. The summed E-state index contributed by atoms with van der Waals surface area (Å²) in [6.45, 7) is 5.86. The second kappa shape index (κ2) is 9.37. The van der Waals surface area contributed by atoms with E-state index < -0.39 is 12.1 Å². The van der Waals surface area contributed by atoms with E-state index in [2.05, 4.69) is 12.2 Å². The predicted octanol–water partition coefficient (Wildman–Crippen LogP) is 5.76. The van der Waals surface area contributed by atoms with Crippen LogP contribution in [0.4, 0.5) is 5.00 Å². The third-order valence-electron chi connectivity index (χ3n) is 4.79. The summed E-state index contributed by atoms with van der Waals surface area (Å²) in [5.74, 6) is 0.148. The molecule has 8 heteroatoms. The number of hydrogen-bond acceptors (Lipinski definition) is 5. The number of thiophene rings is 1. The highest BCUT2D eigenvalue weighted by molar-refractivity contribution is 7.17. The third kappa shape index (κ3) is 5.05. The molecule has 0 fully saturated rings. The zero-order valence-electron chi connectivity index (χ0n) is 16.5. The number of fused-ring (bicyclic) bond motifs is 1. The fraction of sp³-hybridized carbons (Fsp3) is 0.429. The number of benzene rings is 1. The van der Waals surface area contributed by atoms with Gasteiger partial charge in [0, 0.05) is 9.90 Å². The quantitative estimate of drug-likeness (QED) is 0.561.